The number of hydrogen-bond donors (Lipinski definition) is 1. The number of carbonyl (C=O) groups is 1. The van der Waals surface area contributed by atoms with Crippen LogP contribution in [0.3, 0.4) is 0 Å². The van der Waals surface area contributed by atoms with Crippen molar-refractivity contribution in [3.8, 4) is 6.07 Å². The predicted molar refractivity (Wildman–Crippen MR) is 88.8 cm³/mol. The van der Waals surface area contributed by atoms with Crippen LogP contribution in [0.4, 0.5) is 16.0 Å². The molecule has 1 saturated heterocycles. The number of carbonyl (C=O) groups excluding carboxylic acids is 1. The molecule has 24 heavy (non-hydrogen) atoms. The Morgan fingerprint density at radius 2 is 1.92 bits per heavy atom. The molecule has 1 amide bonds. The van der Waals surface area contributed by atoms with E-state index in [1.807, 2.05) is 12.1 Å². The number of furan rings is 1. The Labute approximate surface area is 139 Å². The van der Waals surface area contributed by atoms with Crippen LogP contribution in [-0.4, -0.2) is 19.0 Å². The zero-order chi connectivity index (χ0) is 16.9. The highest BCUT2D eigenvalue weighted by atomic mass is 19.1. The summed E-state index contributed by atoms with van der Waals surface area (Å²) in [4.78, 5) is 14.3. The van der Waals surface area contributed by atoms with Crippen molar-refractivity contribution < 1.29 is 13.6 Å². The zero-order valence-electron chi connectivity index (χ0n) is 13.0. The molecule has 5 nitrogen and oxygen atoms in total. The van der Waals surface area contributed by atoms with E-state index < -0.39 is 11.7 Å². The quantitative estimate of drug-likeness (QED) is 0.689. The summed E-state index contributed by atoms with van der Waals surface area (Å²) in [5.41, 5.74) is 0.335. The number of nitrogens with zero attached hydrogens (tertiary/aromatic N) is 2. The maximum absolute atomic E-state index is 12.9. The molecule has 0 saturated carbocycles. The molecule has 6 heteroatoms. The molecular weight excluding hydrogens is 309 g/mol. The lowest BCUT2D eigenvalue weighted by Gasteiger charge is -2.12. The second-order valence-corrected chi connectivity index (χ2v) is 5.50. The summed E-state index contributed by atoms with van der Waals surface area (Å²) < 4.78 is 18.6. The van der Waals surface area contributed by atoms with E-state index in [0.29, 0.717) is 11.4 Å². The number of hydrogen-bond acceptors (Lipinski definition) is 4. The third-order valence-electron chi connectivity index (χ3n) is 3.78. The molecule has 1 aromatic carbocycles. The second kappa shape index (κ2) is 7.01. The molecule has 0 spiro atoms. The van der Waals surface area contributed by atoms with Crippen molar-refractivity contribution in [1.29, 1.82) is 5.26 Å². The van der Waals surface area contributed by atoms with Crippen molar-refractivity contribution in [2.24, 2.45) is 0 Å². The van der Waals surface area contributed by atoms with Gasteiger partial charge in [-0.1, -0.05) is 0 Å². The molecular formula is C18H16FN3O2. The van der Waals surface area contributed by atoms with Crippen molar-refractivity contribution in [2.75, 3.05) is 23.3 Å². The zero-order valence-corrected chi connectivity index (χ0v) is 13.0. The van der Waals surface area contributed by atoms with Gasteiger partial charge in [-0.3, -0.25) is 4.79 Å². The van der Waals surface area contributed by atoms with Gasteiger partial charge in [0.15, 0.2) is 5.88 Å². The predicted octanol–water partition coefficient (Wildman–Crippen LogP) is 3.56. The maximum atomic E-state index is 12.9. The lowest BCUT2D eigenvalue weighted by molar-refractivity contribution is -0.112. The Hall–Kier alpha value is -3.07. The number of benzene rings is 1. The first kappa shape index (κ1) is 15.8. The Morgan fingerprint density at radius 1 is 1.21 bits per heavy atom. The van der Waals surface area contributed by atoms with Crippen molar-refractivity contribution in [1.82, 2.24) is 0 Å². The summed E-state index contributed by atoms with van der Waals surface area (Å²) in [7, 11) is 0. The molecule has 1 fully saturated rings. The largest absolute Gasteiger partial charge is 0.441 e. The molecule has 3 rings (SSSR count). The Balaban J connectivity index is 1.72. The van der Waals surface area contributed by atoms with E-state index in [1.165, 1.54) is 30.3 Å². The fourth-order valence-electron chi connectivity index (χ4n) is 2.55. The normalized spacial score (nSPS) is 14.5. The van der Waals surface area contributed by atoms with E-state index in [0.717, 1.165) is 31.8 Å². The van der Waals surface area contributed by atoms with Gasteiger partial charge in [0.25, 0.3) is 5.91 Å². The lowest BCUT2D eigenvalue weighted by Crippen LogP contribution is -2.16. The van der Waals surface area contributed by atoms with Crippen LogP contribution in [0.5, 0.6) is 0 Å². The molecule has 1 aliphatic heterocycles. The molecule has 1 aliphatic rings. The van der Waals surface area contributed by atoms with Gasteiger partial charge < -0.3 is 14.6 Å². The van der Waals surface area contributed by atoms with Gasteiger partial charge in [0.2, 0.25) is 0 Å². The third kappa shape index (κ3) is 3.63. The van der Waals surface area contributed by atoms with Gasteiger partial charge in [-0.05, 0) is 43.2 Å². The highest BCUT2D eigenvalue weighted by Crippen LogP contribution is 2.24. The molecule has 0 unspecified atom stereocenters. The van der Waals surface area contributed by atoms with Gasteiger partial charge in [-0.25, -0.2) is 4.39 Å². The summed E-state index contributed by atoms with van der Waals surface area (Å²) in [6.45, 7) is 1.90. The Morgan fingerprint density at radius 3 is 2.58 bits per heavy atom. The molecule has 2 aromatic rings. The van der Waals surface area contributed by atoms with Crippen molar-refractivity contribution in [3.63, 3.8) is 0 Å². The fourth-order valence-corrected chi connectivity index (χ4v) is 2.55. The van der Waals surface area contributed by atoms with Crippen LogP contribution in [0.25, 0.3) is 6.08 Å². The number of nitriles is 1. The van der Waals surface area contributed by atoms with Crippen LogP contribution in [0.2, 0.25) is 0 Å². The number of halogens is 1. The van der Waals surface area contributed by atoms with Crippen LogP contribution in [0.15, 0.2) is 46.4 Å². The van der Waals surface area contributed by atoms with Gasteiger partial charge in [-0.2, -0.15) is 5.26 Å². The summed E-state index contributed by atoms with van der Waals surface area (Å²) in [6, 6.07) is 10.8. The maximum Gasteiger partial charge on any atom is 0.266 e. The first-order valence-corrected chi connectivity index (χ1v) is 7.69. The smallest absolute Gasteiger partial charge is 0.266 e. The van der Waals surface area contributed by atoms with Crippen LogP contribution >= 0.6 is 0 Å². The molecule has 0 bridgehead atoms. The summed E-state index contributed by atoms with van der Waals surface area (Å²) in [5, 5.41) is 11.8. The Bertz CT molecular complexity index is 796. The van der Waals surface area contributed by atoms with Crippen LogP contribution in [-0.2, 0) is 4.79 Å². The number of anilines is 2. The third-order valence-corrected chi connectivity index (χ3v) is 3.78. The highest BCUT2D eigenvalue weighted by molar-refractivity contribution is 6.09. The minimum Gasteiger partial charge on any atom is -0.441 e. The van der Waals surface area contributed by atoms with Crippen LogP contribution in [0.1, 0.15) is 18.6 Å². The number of amides is 1. The average Bonchev–Trinajstić information content (AvgIpc) is 3.25. The fraction of sp³-hybridized carbons (Fsp3) is 0.222. The SMILES string of the molecule is N#C/C(=C/c1ccc(N2CCCC2)o1)C(=O)Nc1ccc(F)cc1. The average molecular weight is 325 g/mol. The first-order valence-electron chi connectivity index (χ1n) is 7.69. The molecule has 0 radical (unpaired) electrons. The van der Waals surface area contributed by atoms with E-state index in [1.54, 1.807) is 6.07 Å². The standard InChI is InChI=1S/C18H16FN3O2/c19-14-3-5-15(6-4-14)21-18(23)13(12-20)11-16-7-8-17(24-16)22-9-1-2-10-22/h3-8,11H,1-2,9-10H2,(H,21,23)/b13-11-. The van der Waals surface area contributed by atoms with Gasteiger partial charge >= 0.3 is 0 Å². The van der Waals surface area contributed by atoms with Crippen molar-refractivity contribution in [2.45, 2.75) is 12.8 Å². The van der Waals surface area contributed by atoms with Crippen molar-refractivity contribution >= 4 is 23.6 Å². The lowest BCUT2D eigenvalue weighted by atomic mass is 10.2. The van der Waals surface area contributed by atoms with E-state index in [4.69, 9.17) is 4.42 Å². The molecule has 1 aromatic heterocycles. The molecule has 2 heterocycles. The second-order valence-electron chi connectivity index (χ2n) is 5.50. The van der Waals surface area contributed by atoms with E-state index in [9.17, 15) is 14.4 Å². The number of rotatable bonds is 4. The van der Waals surface area contributed by atoms with E-state index in [-0.39, 0.29) is 5.57 Å². The van der Waals surface area contributed by atoms with E-state index in [2.05, 4.69) is 10.2 Å². The first-order chi connectivity index (χ1) is 11.7. The minimum absolute atomic E-state index is 0.0818. The van der Waals surface area contributed by atoms with Crippen molar-refractivity contribution in [3.05, 3.63) is 53.5 Å². The number of nitrogens with one attached hydrogen (secondary N) is 1. The summed E-state index contributed by atoms with van der Waals surface area (Å²) in [6.07, 6.45) is 3.67. The Kier molecular flexibility index (Phi) is 4.62. The van der Waals surface area contributed by atoms with E-state index >= 15 is 0 Å². The van der Waals surface area contributed by atoms with Gasteiger partial charge in [0, 0.05) is 30.9 Å². The minimum atomic E-state index is -0.566. The van der Waals surface area contributed by atoms with Crippen LogP contribution < -0.4 is 10.2 Å². The summed E-state index contributed by atoms with van der Waals surface area (Å²) >= 11 is 0. The molecule has 0 atom stereocenters. The highest BCUT2D eigenvalue weighted by Gasteiger charge is 2.16. The van der Waals surface area contributed by atoms with Crippen LogP contribution in [0, 0.1) is 17.1 Å². The van der Waals surface area contributed by atoms with Gasteiger partial charge in [0.05, 0.1) is 0 Å². The molecule has 122 valence electrons. The van der Waals surface area contributed by atoms with Gasteiger partial charge in [-0.15, -0.1) is 0 Å². The molecule has 0 aliphatic carbocycles. The topological polar surface area (TPSA) is 69.3 Å². The molecule has 1 N–H and O–H groups in total. The van der Waals surface area contributed by atoms with Gasteiger partial charge in [0.1, 0.15) is 23.2 Å². The summed E-state index contributed by atoms with van der Waals surface area (Å²) in [5.74, 6) is 0.231. The monoisotopic (exact) mass is 325 g/mol.